The quantitative estimate of drug-likeness (QED) is 0.591. The third-order valence-corrected chi connectivity index (χ3v) is 5.98. The van der Waals surface area contributed by atoms with Gasteiger partial charge in [-0.2, -0.15) is 0 Å². The summed E-state index contributed by atoms with van der Waals surface area (Å²) in [6.07, 6.45) is 0. The first-order chi connectivity index (χ1) is 14.8. The smallest absolute Gasteiger partial charge is 0.335 e. The lowest BCUT2D eigenvalue weighted by Crippen LogP contribution is -2.48. The molecule has 0 aliphatic carbocycles. The summed E-state index contributed by atoms with van der Waals surface area (Å²) in [5.74, 6) is -1.08. The Balaban J connectivity index is 1.84. The van der Waals surface area contributed by atoms with Gasteiger partial charge in [0.1, 0.15) is 5.75 Å². The van der Waals surface area contributed by atoms with Crippen LogP contribution in [0, 0.1) is 0 Å². The van der Waals surface area contributed by atoms with Gasteiger partial charge >= 0.3 is 5.97 Å². The van der Waals surface area contributed by atoms with Gasteiger partial charge in [0.25, 0.3) is 5.91 Å². The SMILES string of the molecule is COc1cc(C(=O)O)ccc1CN1C(=O)C(N)(c2ccccc2Cl)c2cc(Cl)ccc21. The number of halogens is 2. The number of hydrogen-bond donors (Lipinski definition) is 2. The fourth-order valence-corrected chi connectivity index (χ4v) is 4.33. The normalized spacial score (nSPS) is 17.5. The predicted molar refractivity (Wildman–Crippen MR) is 119 cm³/mol. The van der Waals surface area contributed by atoms with Crippen LogP contribution in [0.5, 0.6) is 5.75 Å². The van der Waals surface area contributed by atoms with E-state index in [2.05, 4.69) is 0 Å². The lowest BCUT2D eigenvalue weighted by Gasteiger charge is -2.26. The molecule has 4 rings (SSSR count). The van der Waals surface area contributed by atoms with Crippen LogP contribution in [-0.4, -0.2) is 24.1 Å². The highest BCUT2D eigenvalue weighted by Gasteiger charge is 2.50. The number of nitrogens with zero attached hydrogens (tertiary/aromatic N) is 1. The Kier molecular flexibility index (Phi) is 5.39. The van der Waals surface area contributed by atoms with Crippen LogP contribution in [0.25, 0.3) is 0 Å². The molecule has 3 aromatic carbocycles. The number of carbonyl (C=O) groups is 2. The highest BCUT2D eigenvalue weighted by Crippen LogP contribution is 2.46. The Morgan fingerprint density at radius 3 is 2.52 bits per heavy atom. The minimum atomic E-state index is -1.52. The molecule has 3 N–H and O–H groups in total. The zero-order valence-corrected chi connectivity index (χ0v) is 17.9. The van der Waals surface area contributed by atoms with E-state index in [0.717, 1.165) is 0 Å². The largest absolute Gasteiger partial charge is 0.496 e. The second kappa shape index (κ2) is 7.89. The number of aromatic carboxylic acids is 1. The van der Waals surface area contributed by atoms with Crippen LogP contribution in [0.4, 0.5) is 5.69 Å². The maximum absolute atomic E-state index is 13.7. The molecule has 1 heterocycles. The fraction of sp³-hybridized carbons (Fsp3) is 0.130. The van der Waals surface area contributed by atoms with E-state index in [9.17, 15) is 14.7 Å². The van der Waals surface area contributed by atoms with Gasteiger partial charge in [0.15, 0.2) is 5.54 Å². The van der Waals surface area contributed by atoms with E-state index in [0.29, 0.717) is 38.2 Å². The molecule has 0 saturated heterocycles. The molecular weight excluding hydrogens is 439 g/mol. The number of benzene rings is 3. The molecule has 6 nitrogen and oxygen atoms in total. The van der Waals surface area contributed by atoms with E-state index in [1.807, 2.05) is 0 Å². The van der Waals surface area contributed by atoms with Gasteiger partial charge in [-0.25, -0.2) is 4.79 Å². The summed E-state index contributed by atoms with van der Waals surface area (Å²) in [7, 11) is 1.45. The van der Waals surface area contributed by atoms with Crippen molar-refractivity contribution < 1.29 is 19.4 Å². The molecule has 0 fully saturated rings. The van der Waals surface area contributed by atoms with Gasteiger partial charge in [0.05, 0.1) is 24.9 Å². The number of ether oxygens (including phenoxy) is 1. The Morgan fingerprint density at radius 1 is 1.10 bits per heavy atom. The lowest BCUT2D eigenvalue weighted by molar-refractivity contribution is -0.121. The van der Waals surface area contributed by atoms with Crippen molar-refractivity contribution in [1.29, 1.82) is 0 Å². The average molecular weight is 457 g/mol. The van der Waals surface area contributed by atoms with Gasteiger partial charge in [0.2, 0.25) is 0 Å². The molecule has 1 atom stereocenters. The first kappa shape index (κ1) is 21.2. The number of methoxy groups -OCH3 is 1. The highest BCUT2D eigenvalue weighted by atomic mass is 35.5. The Labute approximate surface area is 188 Å². The zero-order chi connectivity index (χ0) is 22.3. The molecule has 0 radical (unpaired) electrons. The minimum absolute atomic E-state index is 0.0877. The monoisotopic (exact) mass is 456 g/mol. The first-order valence-corrected chi connectivity index (χ1v) is 10.1. The molecule has 158 valence electrons. The van der Waals surface area contributed by atoms with Crippen LogP contribution in [0.3, 0.4) is 0 Å². The third-order valence-electron chi connectivity index (χ3n) is 5.42. The van der Waals surface area contributed by atoms with Gasteiger partial charge < -0.3 is 20.5 Å². The van der Waals surface area contributed by atoms with E-state index in [-0.39, 0.29) is 18.0 Å². The van der Waals surface area contributed by atoms with Crippen molar-refractivity contribution in [3.63, 3.8) is 0 Å². The maximum Gasteiger partial charge on any atom is 0.335 e. The number of nitrogens with two attached hydrogens (primary N) is 1. The van der Waals surface area contributed by atoms with Gasteiger partial charge in [-0.05, 0) is 36.4 Å². The summed E-state index contributed by atoms with van der Waals surface area (Å²) in [4.78, 5) is 26.5. The molecule has 1 aliphatic heterocycles. The first-order valence-electron chi connectivity index (χ1n) is 9.33. The zero-order valence-electron chi connectivity index (χ0n) is 16.4. The average Bonchev–Trinajstić information content (AvgIpc) is 2.96. The molecule has 0 saturated carbocycles. The summed E-state index contributed by atoms with van der Waals surface area (Å²) in [6, 6.07) is 16.5. The Bertz CT molecular complexity index is 1210. The summed E-state index contributed by atoms with van der Waals surface area (Å²) < 4.78 is 5.37. The van der Waals surface area contributed by atoms with Crippen molar-refractivity contribution >= 4 is 40.8 Å². The van der Waals surface area contributed by atoms with Gasteiger partial charge in [-0.3, -0.25) is 4.79 Å². The van der Waals surface area contributed by atoms with E-state index in [4.69, 9.17) is 33.7 Å². The molecule has 0 spiro atoms. The van der Waals surface area contributed by atoms with E-state index >= 15 is 0 Å². The van der Waals surface area contributed by atoms with E-state index < -0.39 is 11.5 Å². The summed E-state index contributed by atoms with van der Waals surface area (Å²) >= 11 is 12.6. The number of amides is 1. The van der Waals surface area contributed by atoms with Crippen LogP contribution in [0.2, 0.25) is 10.0 Å². The molecule has 1 unspecified atom stereocenters. The van der Waals surface area contributed by atoms with Gasteiger partial charge in [-0.1, -0.05) is 47.5 Å². The van der Waals surface area contributed by atoms with Crippen LogP contribution in [0.15, 0.2) is 60.7 Å². The van der Waals surface area contributed by atoms with Crippen molar-refractivity contribution in [2.45, 2.75) is 12.1 Å². The van der Waals surface area contributed by atoms with Crippen molar-refractivity contribution in [1.82, 2.24) is 0 Å². The number of rotatable bonds is 5. The number of carboxylic acids is 1. The minimum Gasteiger partial charge on any atom is -0.496 e. The van der Waals surface area contributed by atoms with Gasteiger partial charge in [0, 0.05) is 26.7 Å². The topological polar surface area (TPSA) is 92.9 Å². The number of anilines is 1. The van der Waals surface area contributed by atoms with Crippen LogP contribution < -0.4 is 15.4 Å². The second-order valence-electron chi connectivity index (χ2n) is 7.17. The summed E-state index contributed by atoms with van der Waals surface area (Å²) in [5, 5.41) is 10.1. The molecule has 3 aromatic rings. The number of hydrogen-bond acceptors (Lipinski definition) is 4. The lowest BCUT2D eigenvalue weighted by atomic mass is 9.85. The van der Waals surface area contributed by atoms with Gasteiger partial charge in [-0.15, -0.1) is 0 Å². The van der Waals surface area contributed by atoms with Crippen LogP contribution >= 0.6 is 23.2 Å². The highest BCUT2D eigenvalue weighted by molar-refractivity contribution is 6.32. The maximum atomic E-state index is 13.7. The molecular formula is C23H18Cl2N2O4. The molecule has 31 heavy (non-hydrogen) atoms. The standard InChI is InChI=1S/C23H18Cl2N2O4/c1-31-20-10-13(21(28)29)6-7-14(20)12-27-19-9-8-15(24)11-17(19)23(26,22(27)30)16-4-2-3-5-18(16)25/h2-11H,12,26H2,1H3,(H,28,29). The van der Waals surface area contributed by atoms with Crippen molar-refractivity contribution in [2.24, 2.45) is 5.73 Å². The number of carbonyl (C=O) groups excluding carboxylic acids is 1. The van der Waals surface area contributed by atoms with Crippen LogP contribution in [0.1, 0.15) is 27.0 Å². The Hall–Kier alpha value is -3.06. The van der Waals surface area contributed by atoms with E-state index in [1.54, 1.807) is 48.5 Å². The Morgan fingerprint density at radius 2 is 1.84 bits per heavy atom. The summed E-state index contributed by atoms with van der Waals surface area (Å²) in [5.41, 5.74) is 7.55. The summed E-state index contributed by atoms with van der Waals surface area (Å²) in [6.45, 7) is 0.125. The van der Waals surface area contributed by atoms with Crippen molar-refractivity contribution in [3.05, 3.63) is 93.0 Å². The molecule has 1 aliphatic rings. The second-order valence-corrected chi connectivity index (χ2v) is 8.02. The fourth-order valence-electron chi connectivity index (χ4n) is 3.87. The number of carboxylic acid groups (broad SMARTS) is 1. The number of fused-ring (bicyclic) bond motifs is 1. The van der Waals surface area contributed by atoms with Crippen molar-refractivity contribution in [2.75, 3.05) is 12.0 Å². The predicted octanol–water partition coefficient (Wildman–Crippen LogP) is 4.45. The van der Waals surface area contributed by atoms with Crippen LogP contribution in [-0.2, 0) is 16.9 Å². The third kappa shape index (κ3) is 3.43. The molecule has 0 bridgehead atoms. The molecule has 0 aromatic heterocycles. The van der Waals surface area contributed by atoms with Crippen molar-refractivity contribution in [3.8, 4) is 5.75 Å². The molecule has 8 heteroatoms. The van der Waals surface area contributed by atoms with E-state index in [1.165, 1.54) is 24.1 Å². The molecule has 1 amide bonds.